The molecule has 0 radical (unpaired) electrons. The van der Waals surface area contributed by atoms with Crippen molar-refractivity contribution in [2.75, 3.05) is 0 Å². The molecule has 0 saturated carbocycles. The first-order valence-corrected chi connectivity index (χ1v) is 7.77. The molecule has 0 amide bonds. The van der Waals surface area contributed by atoms with Gasteiger partial charge in [-0.05, 0) is 44.6 Å². The summed E-state index contributed by atoms with van der Waals surface area (Å²) < 4.78 is 1.88. The van der Waals surface area contributed by atoms with Gasteiger partial charge < -0.3 is 0 Å². The Labute approximate surface area is 125 Å². The summed E-state index contributed by atoms with van der Waals surface area (Å²) >= 11 is 0. The zero-order valence-electron chi connectivity index (χ0n) is 13.0. The van der Waals surface area contributed by atoms with E-state index >= 15 is 0 Å². The second-order valence-corrected chi connectivity index (χ2v) is 6.35. The average molecular weight is 282 g/mol. The summed E-state index contributed by atoms with van der Waals surface area (Å²) in [6, 6.07) is 10.3. The highest BCUT2D eigenvalue weighted by atomic mass is 16.1. The molecule has 110 valence electrons. The van der Waals surface area contributed by atoms with Crippen LogP contribution in [0.15, 0.2) is 35.1 Å². The molecule has 0 aliphatic heterocycles. The van der Waals surface area contributed by atoms with E-state index in [1.54, 1.807) is 0 Å². The summed E-state index contributed by atoms with van der Waals surface area (Å²) in [6.07, 6.45) is 3.14. The van der Waals surface area contributed by atoms with Crippen molar-refractivity contribution in [1.29, 1.82) is 0 Å². The van der Waals surface area contributed by atoms with Gasteiger partial charge in [-0.2, -0.15) is 4.98 Å². The Bertz CT molecular complexity index is 701. The average Bonchev–Trinajstić information content (AvgIpc) is 2.47. The number of aromatic nitrogens is 2. The van der Waals surface area contributed by atoms with Crippen LogP contribution in [0.25, 0.3) is 11.3 Å². The van der Waals surface area contributed by atoms with Gasteiger partial charge in [0, 0.05) is 17.3 Å². The van der Waals surface area contributed by atoms with E-state index in [9.17, 15) is 4.79 Å². The van der Waals surface area contributed by atoms with Gasteiger partial charge in [-0.3, -0.25) is 4.57 Å². The third-order valence-corrected chi connectivity index (χ3v) is 4.33. The summed E-state index contributed by atoms with van der Waals surface area (Å²) in [5.74, 6) is 0.653. The fourth-order valence-corrected chi connectivity index (χ4v) is 3.30. The maximum Gasteiger partial charge on any atom is 0.348 e. The van der Waals surface area contributed by atoms with E-state index in [0.717, 1.165) is 30.5 Å². The standard InChI is InChI=1S/C18H22N2O/c1-12(2)20-16-10-9-13(3)11-15(16)17(19-18(20)21)14-7-5-4-6-8-14/h4-8,12-13H,9-11H2,1-3H3. The van der Waals surface area contributed by atoms with Crippen LogP contribution < -0.4 is 5.69 Å². The van der Waals surface area contributed by atoms with Crippen molar-refractivity contribution in [1.82, 2.24) is 9.55 Å². The zero-order valence-corrected chi connectivity index (χ0v) is 13.0. The van der Waals surface area contributed by atoms with E-state index in [0.29, 0.717) is 5.92 Å². The maximum absolute atomic E-state index is 12.5. The molecule has 21 heavy (non-hydrogen) atoms. The lowest BCUT2D eigenvalue weighted by atomic mass is 9.85. The maximum atomic E-state index is 12.5. The second-order valence-electron chi connectivity index (χ2n) is 6.35. The normalized spacial score (nSPS) is 17.8. The summed E-state index contributed by atoms with van der Waals surface area (Å²) in [4.78, 5) is 16.9. The van der Waals surface area contributed by atoms with Gasteiger partial charge in [-0.25, -0.2) is 4.79 Å². The van der Waals surface area contributed by atoms with Crippen LogP contribution in [-0.2, 0) is 12.8 Å². The van der Waals surface area contributed by atoms with Crippen molar-refractivity contribution in [3.05, 3.63) is 52.1 Å². The molecule has 0 N–H and O–H groups in total. The molecule has 1 aliphatic carbocycles. The van der Waals surface area contributed by atoms with Gasteiger partial charge in [0.05, 0.1) is 5.69 Å². The molecule has 3 nitrogen and oxygen atoms in total. The Morgan fingerprint density at radius 3 is 2.62 bits per heavy atom. The van der Waals surface area contributed by atoms with E-state index in [-0.39, 0.29) is 11.7 Å². The third kappa shape index (κ3) is 2.53. The Hall–Kier alpha value is -1.90. The van der Waals surface area contributed by atoms with E-state index in [1.165, 1.54) is 11.3 Å². The lowest BCUT2D eigenvalue weighted by Gasteiger charge is -2.28. The Morgan fingerprint density at radius 1 is 1.24 bits per heavy atom. The van der Waals surface area contributed by atoms with Crippen LogP contribution in [0.5, 0.6) is 0 Å². The van der Waals surface area contributed by atoms with Crippen LogP contribution in [0.1, 0.15) is 44.5 Å². The SMILES string of the molecule is CC1CCc2c(c(-c3ccccc3)nc(=O)n2C(C)C)C1. The highest BCUT2D eigenvalue weighted by molar-refractivity contribution is 5.64. The Morgan fingerprint density at radius 2 is 1.95 bits per heavy atom. The number of fused-ring (bicyclic) bond motifs is 1. The minimum Gasteiger partial charge on any atom is -0.293 e. The molecule has 1 unspecified atom stereocenters. The van der Waals surface area contributed by atoms with Gasteiger partial charge in [0.1, 0.15) is 0 Å². The van der Waals surface area contributed by atoms with Crippen LogP contribution in [-0.4, -0.2) is 9.55 Å². The molecular formula is C18H22N2O. The molecule has 0 fully saturated rings. The van der Waals surface area contributed by atoms with Gasteiger partial charge >= 0.3 is 5.69 Å². The van der Waals surface area contributed by atoms with Gasteiger partial charge in [0.2, 0.25) is 0 Å². The largest absolute Gasteiger partial charge is 0.348 e. The smallest absolute Gasteiger partial charge is 0.293 e. The molecule has 2 aromatic rings. The summed E-state index contributed by atoms with van der Waals surface area (Å²) in [5.41, 5.74) is 4.29. The highest BCUT2D eigenvalue weighted by Gasteiger charge is 2.24. The summed E-state index contributed by atoms with van der Waals surface area (Å²) in [6.45, 7) is 6.40. The molecule has 3 heteroatoms. The topological polar surface area (TPSA) is 34.9 Å². The predicted molar refractivity (Wildman–Crippen MR) is 85.5 cm³/mol. The van der Waals surface area contributed by atoms with E-state index < -0.39 is 0 Å². The lowest BCUT2D eigenvalue weighted by Crippen LogP contribution is -2.32. The molecular weight excluding hydrogens is 260 g/mol. The zero-order chi connectivity index (χ0) is 15.0. The number of nitrogens with zero attached hydrogens (tertiary/aromatic N) is 2. The number of hydrogen-bond donors (Lipinski definition) is 0. The van der Waals surface area contributed by atoms with Crippen molar-refractivity contribution in [3.8, 4) is 11.3 Å². The molecule has 3 rings (SSSR count). The Balaban J connectivity index is 2.27. The van der Waals surface area contributed by atoms with Crippen LogP contribution >= 0.6 is 0 Å². The quantitative estimate of drug-likeness (QED) is 0.843. The molecule has 1 aliphatic rings. The first-order valence-electron chi connectivity index (χ1n) is 7.77. The van der Waals surface area contributed by atoms with Gasteiger partial charge in [0.25, 0.3) is 0 Å². The van der Waals surface area contributed by atoms with Crippen molar-refractivity contribution in [2.24, 2.45) is 5.92 Å². The first kappa shape index (κ1) is 14.1. The predicted octanol–water partition coefficient (Wildman–Crippen LogP) is 3.62. The molecule has 1 heterocycles. The van der Waals surface area contributed by atoms with Crippen molar-refractivity contribution >= 4 is 0 Å². The van der Waals surface area contributed by atoms with Crippen molar-refractivity contribution < 1.29 is 0 Å². The third-order valence-electron chi connectivity index (χ3n) is 4.33. The number of rotatable bonds is 2. The number of hydrogen-bond acceptors (Lipinski definition) is 2. The van der Waals surface area contributed by atoms with Crippen LogP contribution in [0.4, 0.5) is 0 Å². The first-order chi connectivity index (χ1) is 10.1. The molecule has 0 bridgehead atoms. The summed E-state index contributed by atoms with van der Waals surface area (Å²) in [5, 5.41) is 0. The van der Waals surface area contributed by atoms with Crippen molar-refractivity contribution in [3.63, 3.8) is 0 Å². The fourth-order valence-electron chi connectivity index (χ4n) is 3.30. The van der Waals surface area contributed by atoms with Crippen LogP contribution in [0.2, 0.25) is 0 Å². The minimum atomic E-state index is -0.114. The van der Waals surface area contributed by atoms with E-state index in [4.69, 9.17) is 0 Å². The fraction of sp³-hybridized carbons (Fsp3) is 0.444. The monoisotopic (exact) mass is 282 g/mol. The molecule has 0 saturated heterocycles. The molecule has 0 spiro atoms. The Kier molecular flexibility index (Phi) is 3.66. The highest BCUT2D eigenvalue weighted by Crippen LogP contribution is 2.32. The molecule has 1 aromatic carbocycles. The minimum absolute atomic E-state index is 0.114. The molecule has 1 atom stereocenters. The van der Waals surface area contributed by atoms with Crippen LogP contribution in [0, 0.1) is 5.92 Å². The van der Waals surface area contributed by atoms with Gasteiger partial charge in [-0.15, -0.1) is 0 Å². The van der Waals surface area contributed by atoms with Crippen molar-refractivity contribution in [2.45, 2.75) is 46.1 Å². The van der Waals surface area contributed by atoms with Gasteiger partial charge in [0.15, 0.2) is 0 Å². The lowest BCUT2D eigenvalue weighted by molar-refractivity contribution is 0.448. The van der Waals surface area contributed by atoms with Gasteiger partial charge in [-0.1, -0.05) is 37.3 Å². The van der Waals surface area contributed by atoms with Crippen LogP contribution in [0.3, 0.4) is 0 Å². The molecule has 1 aromatic heterocycles. The second kappa shape index (κ2) is 5.47. The number of benzene rings is 1. The summed E-state index contributed by atoms with van der Waals surface area (Å²) in [7, 11) is 0. The van der Waals surface area contributed by atoms with E-state index in [2.05, 4.69) is 25.8 Å². The van der Waals surface area contributed by atoms with E-state index in [1.807, 2.05) is 34.9 Å².